The van der Waals surface area contributed by atoms with E-state index in [2.05, 4.69) is 26.0 Å². The van der Waals surface area contributed by atoms with Crippen molar-refractivity contribution in [2.75, 3.05) is 13.2 Å². The number of aliphatic hydroxyl groups is 1. The summed E-state index contributed by atoms with van der Waals surface area (Å²) in [6.45, 7) is 3.76. The summed E-state index contributed by atoms with van der Waals surface area (Å²) in [6, 6.07) is 11.2. The number of esters is 1. The first-order chi connectivity index (χ1) is 16.2. The number of halogens is 2. The molecule has 0 aliphatic rings. The molecule has 3 rings (SSSR count). The maximum absolute atomic E-state index is 14.2. The van der Waals surface area contributed by atoms with Crippen LogP contribution in [0.25, 0.3) is 11.1 Å². The van der Waals surface area contributed by atoms with E-state index in [0.29, 0.717) is 21.7 Å². The number of hydrogen-bond acceptors (Lipinski definition) is 8. The highest BCUT2D eigenvalue weighted by Crippen LogP contribution is 2.26. The Hall–Kier alpha value is -3.41. The topological polar surface area (TPSA) is 133 Å². The van der Waals surface area contributed by atoms with Gasteiger partial charge < -0.3 is 9.84 Å². The largest absolute Gasteiger partial charge is 0.463 e. The third-order valence-electron chi connectivity index (χ3n) is 4.61. The Bertz CT molecular complexity index is 1110. The number of amides is 1. The smallest absolute Gasteiger partial charge is 0.336 e. The molecular weight excluding hydrogens is 467 g/mol. The van der Waals surface area contributed by atoms with Crippen LogP contribution in [-0.2, 0) is 16.1 Å². The van der Waals surface area contributed by atoms with Crippen molar-refractivity contribution >= 4 is 23.5 Å². The number of benzene rings is 2. The molecule has 34 heavy (non-hydrogen) atoms. The second-order valence-electron chi connectivity index (χ2n) is 7.93. The van der Waals surface area contributed by atoms with Crippen LogP contribution in [0.2, 0.25) is 5.02 Å². The zero-order valence-electron chi connectivity index (χ0n) is 18.5. The number of rotatable bonds is 10. The van der Waals surface area contributed by atoms with Crippen LogP contribution in [0, 0.1) is 11.7 Å². The normalized spacial score (nSPS) is 12.1. The molecule has 0 aliphatic heterocycles. The molecule has 0 aliphatic carbocycles. The Kier molecular flexibility index (Phi) is 8.63. The lowest BCUT2D eigenvalue weighted by molar-refractivity contribution is -0.156. The van der Waals surface area contributed by atoms with Gasteiger partial charge in [0.05, 0.1) is 13.2 Å². The van der Waals surface area contributed by atoms with Gasteiger partial charge in [0.1, 0.15) is 5.82 Å². The molecule has 180 valence electrons. The number of carbonyl (C=O) groups is 2. The highest BCUT2D eigenvalue weighted by molar-refractivity contribution is 6.30. The number of hydrazine groups is 1. The van der Waals surface area contributed by atoms with E-state index in [1.54, 1.807) is 24.3 Å². The summed E-state index contributed by atoms with van der Waals surface area (Å²) in [5.74, 6) is -1.91. The summed E-state index contributed by atoms with van der Waals surface area (Å²) in [5, 5.41) is 24.6. The molecule has 12 heteroatoms. The second kappa shape index (κ2) is 11.6. The van der Waals surface area contributed by atoms with Gasteiger partial charge >= 0.3 is 11.9 Å². The van der Waals surface area contributed by atoms with Crippen LogP contribution in [0.3, 0.4) is 0 Å². The van der Waals surface area contributed by atoms with Gasteiger partial charge in [-0.2, -0.15) is 0 Å². The fourth-order valence-corrected chi connectivity index (χ4v) is 3.13. The highest BCUT2D eigenvalue weighted by atomic mass is 35.5. The molecule has 10 nitrogen and oxygen atoms in total. The van der Waals surface area contributed by atoms with Gasteiger partial charge in [-0.15, -0.1) is 5.10 Å². The van der Waals surface area contributed by atoms with E-state index < -0.39 is 23.8 Å². The van der Waals surface area contributed by atoms with Gasteiger partial charge in [-0.25, -0.2) is 19.3 Å². The summed E-state index contributed by atoms with van der Waals surface area (Å²) in [5.41, 5.74) is 4.24. The number of aromatic nitrogens is 4. The number of aliphatic hydroxyl groups excluding tert-OH is 1. The minimum absolute atomic E-state index is 0.105. The van der Waals surface area contributed by atoms with Crippen molar-refractivity contribution in [2.24, 2.45) is 5.92 Å². The molecule has 0 bridgehead atoms. The van der Waals surface area contributed by atoms with Crippen LogP contribution in [0.15, 0.2) is 42.5 Å². The second-order valence-corrected chi connectivity index (χ2v) is 8.37. The molecule has 1 amide bonds. The molecule has 2 aromatic carbocycles. The molecule has 0 spiro atoms. The third kappa shape index (κ3) is 7.04. The summed E-state index contributed by atoms with van der Waals surface area (Å²) in [6.07, 6.45) is -1.51. The molecule has 1 heterocycles. The number of H-pyrrole nitrogens is 1. The summed E-state index contributed by atoms with van der Waals surface area (Å²) in [4.78, 5) is 24.5. The van der Waals surface area contributed by atoms with Crippen molar-refractivity contribution in [2.45, 2.75) is 26.5 Å². The Morgan fingerprint density at radius 2 is 1.97 bits per heavy atom. The number of aromatic amines is 1. The molecule has 3 N–H and O–H groups in total. The summed E-state index contributed by atoms with van der Waals surface area (Å²) in [7, 11) is 0. The summed E-state index contributed by atoms with van der Waals surface area (Å²) < 4.78 is 19.2. The van der Waals surface area contributed by atoms with Gasteiger partial charge in [-0.1, -0.05) is 49.7 Å². The van der Waals surface area contributed by atoms with E-state index in [9.17, 15) is 19.1 Å². The van der Waals surface area contributed by atoms with Crippen molar-refractivity contribution in [3.63, 3.8) is 0 Å². The van der Waals surface area contributed by atoms with Crippen LogP contribution in [-0.4, -0.2) is 61.9 Å². The number of nitrogens with one attached hydrogen (secondary N) is 2. The minimum atomic E-state index is -1.51. The predicted molar refractivity (Wildman–Crippen MR) is 121 cm³/mol. The van der Waals surface area contributed by atoms with Crippen LogP contribution >= 0.6 is 11.6 Å². The number of ether oxygens (including phenoxy) is 1. The van der Waals surface area contributed by atoms with E-state index in [4.69, 9.17) is 16.3 Å². The van der Waals surface area contributed by atoms with Gasteiger partial charge in [0, 0.05) is 17.1 Å². The van der Waals surface area contributed by atoms with Crippen molar-refractivity contribution in [3.8, 4) is 11.1 Å². The predicted octanol–water partition coefficient (Wildman–Crippen LogP) is 2.37. The summed E-state index contributed by atoms with van der Waals surface area (Å²) >= 11 is 5.98. The molecule has 0 fully saturated rings. The molecule has 0 saturated carbocycles. The standard InChI is InChI=1S/C22H24ClFN6O4/c1-13(2)12-34-22(33)19(31)11-30(27-21(32)20-25-28-29-26-20)10-14-3-5-15(6-4-14)17-9-16(23)7-8-18(17)24/h3-9,13,19,31H,10-12H2,1-2H3,(H,27,32)(H,25,26,28,29). The SMILES string of the molecule is CC(C)COC(=O)C(O)CN(Cc1ccc(-c2cc(Cl)ccc2F)cc1)NC(=O)c1nnn[nH]1. The molecule has 0 radical (unpaired) electrons. The maximum Gasteiger partial charge on any atom is 0.336 e. The van der Waals surface area contributed by atoms with E-state index in [1.807, 2.05) is 13.8 Å². The molecule has 0 saturated heterocycles. The van der Waals surface area contributed by atoms with Crippen LogP contribution in [0.1, 0.15) is 30.0 Å². The first kappa shape index (κ1) is 25.2. The van der Waals surface area contributed by atoms with Crippen molar-refractivity contribution in [1.82, 2.24) is 31.1 Å². The van der Waals surface area contributed by atoms with Crippen molar-refractivity contribution in [1.29, 1.82) is 0 Å². The van der Waals surface area contributed by atoms with Crippen LogP contribution in [0.4, 0.5) is 4.39 Å². The van der Waals surface area contributed by atoms with Crippen molar-refractivity contribution < 1.29 is 23.8 Å². The Labute approximate surface area is 200 Å². The van der Waals surface area contributed by atoms with E-state index >= 15 is 0 Å². The quantitative estimate of drug-likeness (QED) is 0.291. The highest BCUT2D eigenvalue weighted by Gasteiger charge is 2.23. The lowest BCUT2D eigenvalue weighted by Gasteiger charge is -2.25. The third-order valence-corrected chi connectivity index (χ3v) is 4.85. The van der Waals surface area contributed by atoms with Gasteiger partial charge in [0.15, 0.2) is 6.10 Å². The van der Waals surface area contributed by atoms with Crippen LogP contribution < -0.4 is 5.43 Å². The van der Waals surface area contributed by atoms with Crippen LogP contribution in [0.5, 0.6) is 0 Å². The number of hydrogen-bond donors (Lipinski definition) is 3. The van der Waals surface area contributed by atoms with E-state index in [-0.39, 0.29) is 31.4 Å². The zero-order valence-corrected chi connectivity index (χ0v) is 19.3. The average molecular weight is 491 g/mol. The first-order valence-corrected chi connectivity index (χ1v) is 10.8. The monoisotopic (exact) mass is 490 g/mol. The lowest BCUT2D eigenvalue weighted by atomic mass is 10.0. The fourth-order valence-electron chi connectivity index (χ4n) is 2.96. The Balaban J connectivity index is 1.74. The molecule has 3 aromatic rings. The van der Waals surface area contributed by atoms with Gasteiger partial charge in [0.25, 0.3) is 0 Å². The van der Waals surface area contributed by atoms with E-state index in [1.165, 1.54) is 23.2 Å². The fraction of sp³-hybridized carbons (Fsp3) is 0.318. The maximum atomic E-state index is 14.2. The van der Waals surface area contributed by atoms with Crippen molar-refractivity contribution in [3.05, 3.63) is 64.7 Å². The molecular formula is C22H24ClFN6O4. The minimum Gasteiger partial charge on any atom is -0.463 e. The Morgan fingerprint density at radius 3 is 2.62 bits per heavy atom. The van der Waals surface area contributed by atoms with E-state index in [0.717, 1.165) is 0 Å². The Morgan fingerprint density at radius 1 is 1.24 bits per heavy atom. The van der Waals surface area contributed by atoms with Gasteiger partial charge in [-0.3, -0.25) is 10.2 Å². The first-order valence-electron chi connectivity index (χ1n) is 10.4. The van der Waals surface area contributed by atoms with Gasteiger partial charge in [0.2, 0.25) is 5.82 Å². The average Bonchev–Trinajstić information content (AvgIpc) is 3.35. The number of nitrogens with zero attached hydrogens (tertiary/aromatic N) is 4. The molecule has 1 atom stereocenters. The zero-order chi connectivity index (χ0) is 24.7. The number of tetrazole rings is 1. The lowest BCUT2D eigenvalue weighted by Crippen LogP contribution is -2.48. The molecule has 1 unspecified atom stereocenters. The van der Waals surface area contributed by atoms with Gasteiger partial charge in [-0.05, 0) is 45.7 Å². The molecule has 1 aromatic heterocycles. The number of carbonyl (C=O) groups excluding carboxylic acids is 2.